The fraction of sp³-hybridized carbons (Fsp3) is 0.176. The molecule has 0 radical (unpaired) electrons. The van der Waals surface area contributed by atoms with Crippen LogP contribution in [0.15, 0.2) is 47.4 Å². The molecule has 1 atom stereocenters. The predicted octanol–water partition coefficient (Wildman–Crippen LogP) is 2.67. The molecule has 2 amide bonds. The number of carbonyl (C=O) groups excluding carboxylic acids is 2. The van der Waals surface area contributed by atoms with E-state index in [1.54, 1.807) is 6.07 Å². The molecule has 0 fully saturated rings. The SMILES string of the molecule is O=C1CSc2ccc(NC(=O)C3Cc4ccccc4O3)cc2N1. The first-order valence-corrected chi connectivity index (χ1v) is 8.30. The summed E-state index contributed by atoms with van der Waals surface area (Å²) in [6.07, 6.45) is 0.0481. The third kappa shape index (κ3) is 2.77. The van der Waals surface area contributed by atoms with Crippen molar-refractivity contribution in [3.63, 3.8) is 0 Å². The number of nitrogens with one attached hydrogen (secondary N) is 2. The number of hydrogen-bond acceptors (Lipinski definition) is 4. The molecule has 0 saturated heterocycles. The van der Waals surface area contributed by atoms with Gasteiger partial charge in [0.1, 0.15) is 5.75 Å². The zero-order valence-corrected chi connectivity index (χ0v) is 13.0. The number of carbonyl (C=O) groups is 2. The lowest BCUT2D eigenvalue weighted by Gasteiger charge is -2.18. The molecule has 2 aromatic rings. The minimum Gasteiger partial charge on any atom is -0.480 e. The highest BCUT2D eigenvalue weighted by molar-refractivity contribution is 8.00. The molecule has 2 N–H and O–H groups in total. The van der Waals surface area contributed by atoms with E-state index in [1.807, 2.05) is 36.4 Å². The van der Waals surface area contributed by atoms with Crippen LogP contribution in [0.2, 0.25) is 0 Å². The Labute approximate surface area is 137 Å². The third-order valence-electron chi connectivity index (χ3n) is 3.82. The van der Waals surface area contributed by atoms with Crippen LogP contribution >= 0.6 is 11.8 Å². The molecule has 4 rings (SSSR count). The van der Waals surface area contributed by atoms with E-state index in [9.17, 15) is 9.59 Å². The summed E-state index contributed by atoms with van der Waals surface area (Å²) in [5, 5.41) is 5.67. The van der Waals surface area contributed by atoms with Crippen molar-refractivity contribution in [1.29, 1.82) is 0 Å². The van der Waals surface area contributed by atoms with Gasteiger partial charge in [0, 0.05) is 17.0 Å². The van der Waals surface area contributed by atoms with Crippen LogP contribution in [-0.2, 0) is 16.0 Å². The Morgan fingerprint density at radius 2 is 2.13 bits per heavy atom. The van der Waals surface area contributed by atoms with Gasteiger partial charge in [0.2, 0.25) is 5.91 Å². The fourth-order valence-corrected chi connectivity index (χ4v) is 3.50. The van der Waals surface area contributed by atoms with Crippen molar-refractivity contribution in [2.24, 2.45) is 0 Å². The molecule has 0 aromatic heterocycles. The third-order valence-corrected chi connectivity index (χ3v) is 4.89. The maximum Gasteiger partial charge on any atom is 0.265 e. The molecule has 2 heterocycles. The van der Waals surface area contributed by atoms with Gasteiger partial charge in [-0.05, 0) is 29.8 Å². The molecule has 2 aromatic carbocycles. The summed E-state index contributed by atoms with van der Waals surface area (Å²) in [6.45, 7) is 0. The molecule has 0 bridgehead atoms. The van der Waals surface area contributed by atoms with Crippen molar-refractivity contribution in [2.75, 3.05) is 16.4 Å². The van der Waals surface area contributed by atoms with Crippen LogP contribution < -0.4 is 15.4 Å². The lowest BCUT2D eigenvalue weighted by Crippen LogP contribution is -2.31. The minimum atomic E-state index is -0.521. The zero-order chi connectivity index (χ0) is 15.8. The van der Waals surface area contributed by atoms with Gasteiger partial charge in [0.25, 0.3) is 5.91 Å². The van der Waals surface area contributed by atoms with E-state index in [0.29, 0.717) is 17.9 Å². The topological polar surface area (TPSA) is 67.4 Å². The number of benzene rings is 2. The van der Waals surface area contributed by atoms with Crippen molar-refractivity contribution in [2.45, 2.75) is 17.4 Å². The Hall–Kier alpha value is -2.47. The first-order chi connectivity index (χ1) is 11.2. The van der Waals surface area contributed by atoms with Crippen LogP contribution in [0.5, 0.6) is 5.75 Å². The van der Waals surface area contributed by atoms with Gasteiger partial charge in [-0.2, -0.15) is 0 Å². The van der Waals surface area contributed by atoms with E-state index >= 15 is 0 Å². The smallest absolute Gasteiger partial charge is 0.265 e. The minimum absolute atomic E-state index is 0.0273. The molecule has 5 nitrogen and oxygen atoms in total. The highest BCUT2D eigenvalue weighted by atomic mass is 32.2. The number of hydrogen-bond donors (Lipinski definition) is 2. The molecule has 23 heavy (non-hydrogen) atoms. The molecule has 2 aliphatic rings. The van der Waals surface area contributed by atoms with Crippen LogP contribution in [0.25, 0.3) is 0 Å². The fourth-order valence-electron chi connectivity index (χ4n) is 2.71. The van der Waals surface area contributed by atoms with E-state index in [-0.39, 0.29) is 11.8 Å². The normalized spacial score (nSPS) is 18.4. The van der Waals surface area contributed by atoms with Crippen LogP contribution in [0.3, 0.4) is 0 Å². The van der Waals surface area contributed by atoms with Crippen molar-refractivity contribution in [1.82, 2.24) is 0 Å². The van der Waals surface area contributed by atoms with Crippen molar-refractivity contribution in [3.05, 3.63) is 48.0 Å². The standard InChI is InChI=1S/C17H14N2O3S/c20-16-9-23-15-6-5-11(8-12(15)19-16)18-17(21)14-7-10-3-1-2-4-13(10)22-14/h1-6,8,14H,7,9H2,(H,18,21)(H,19,20). The summed E-state index contributed by atoms with van der Waals surface area (Å²) in [4.78, 5) is 24.8. The second-order valence-electron chi connectivity index (χ2n) is 5.46. The largest absolute Gasteiger partial charge is 0.480 e. The summed E-state index contributed by atoms with van der Waals surface area (Å²) in [5.74, 6) is 0.977. The highest BCUT2D eigenvalue weighted by Gasteiger charge is 2.29. The molecule has 116 valence electrons. The highest BCUT2D eigenvalue weighted by Crippen LogP contribution is 2.34. The van der Waals surface area contributed by atoms with Gasteiger partial charge in [-0.15, -0.1) is 11.8 Å². The van der Waals surface area contributed by atoms with E-state index in [2.05, 4.69) is 10.6 Å². The maximum atomic E-state index is 12.4. The number of amides is 2. The van der Waals surface area contributed by atoms with Gasteiger partial charge in [-0.1, -0.05) is 18.2 Å². The van der Waals surface area contributed by atoms with Gasteiger partial charge in [0.15, 0.2) is 6.10 Å². The van der Waals surface area contributed by atoms with E-state index in [1.165, 1.54) is 11.8 Å². The summed E-state index contributed by atoms with van der Waals surface area (Å²) in [6, 6.07) is 13.2. The van der Waals surface area contributed by atoms with E-state index < -0.39 is 6.10 Å². The number of para-hydroxylation sites is 1. The second kappa shape index (κ2) is 5.62. The van der Waals surface area contributed by atoms with Gasteiger partial charge >= 0.3 is 0 Å². The molecule has 6 heteroatoms. The van der Waals surface area contributed by atoms with E-state index in [0.717, 1.165) is 21.9 Å². The lowest BCUT2D eigenvalue weighted by molar-refractivity contribution is -0.122. The monoisotopic (exact) mass is 326 g/mol. The van der Waals surface area contributed by atoms with Crippen LogP contribution in [0.1, 0.15) is 5.56 Å². The average molecular weight is 326 g/mol. The van der Waals surface area contributed by atoms with Crippen LogP contribution in [-0.4, -0.2) is 23.7 Å². The summed E-state index contributed by atoms with van der Waals surface area (Å²) in [5.41, 5.74) is 2.43. The quantitative estimate of drug-likeness (QED) is 0.890. The van der Waals surface area contributed by atoms with Crippen LogP contribution in [0.4, 0.5) is 11.4 Å². The number of thioether (sulfide) groups is 1. The molecule has 0 aliphatic carbocycles. The van der Waals surface area contributed by atoms with Gasteiger partial charge in [-0.3, -0.25) is 9.59 Å². The lowest BCUT2D eigenvalue weighted by atomic mass is 10.1. The van der Waals surface area contributed by atoms with Crippen LogP contribution in [0, 0.1) is 0 Å². The average Bonchev–Trinajstić information content (AvgIpc) is 2.98. The summed E-state index contributed by atoms with van der Waals surface area (Å²) < 4.78 is 5.68. The Morgan fingerprint density at radius 1 is 1.26 bits per heavy atom. The molecule has 0 saturated carbocycles. The summed E-state index contributed by atoms with van der Waals surface area (Å²) in [7, 11) is 0. The Bertz CT molecular complexity index is 781. The van der Waals surface area contributed by atoms with Crippen molar-refractivity contribution >= 4 is 35.0 Å². The number of rotatable bonds is 2. The first kappa shape index (κ1) is 14.1. The van der Waals surface area contributed by atoms with Gasteiger partial charge in [-0.25, -0.2) is 0 Å². The molecule has 2 aliphatic heterocycles. The molecule has 0 spiro atoms. The molecular formula is C17H14N2O3S. The van der Waals surface area contributed by atoms with Crippen molar-refractivity contribution < 1.29 is 14.3 Å². The van der Waals surface area contributed by atoms with Gasteiger partial charge < -0.3 is 15.4 Å². The zero-order valence-electron chi connectivity index (χ0n) is 12.2. The molecule has 1 unspecified atom stereocenters. The number of fused-ring (bicyclic) bond motifs is 2. The van der Waals surface area contributed by atoms with E-state index in [4.69, 9.17) is 4.74 Å². The first-order valence-electron chi connectivity index (χ1n) is 7.31. The molecular weight excluding hydrogens is 312 g/mol. The number of ether oxygens (including phenoxy) is 1. The Morgan fingerprint density at radius 3 is 3.00 bits per heavy atom. The Balaban J connectivity index is 1.48. The van der Waals surface area contributed by atoms with Crippen molar-refractivity contribution in [3.8, 4) is 5.75 Å². The second-order valence-corrected chi connectivity index (χ2v) is 6.47. The maximum absolute atomic E-state index is 12.4. The number of anilines is 2. The predicted molar refractivity (Wildman–Crippen MR) is 89.0 cm³/mol. The Kier molecular flexibility index (Phi) is 3.46. The van der Waals surface area contributed by atoms with Gasteiger partial charge in [0.05, 0.1) is 11.4 Å². The summed E-state index contributed by atoms with van der Waals surface area (Å²) >= 11 is 1.49.